The number of nitrogens with one attached hydrogen (secondary N) is 1. The molecule has 0 atom stereocenters. The molecule has 1 aliphatic carbocycles. The van der Waals surface area contributed by atoms with Gasteiger partial charge in [0.2, 0.25) is 10.0 Å². The van der Waals surface area contributed by atoms with Crippen LogP contribution < -0.4 is 20.1 Å². The van der Waals surface area contributed by atoms with Crippen LogP contribution in [0.4, 0.5) is 5.69 Å². The van der Waals surface area contributed by atoms with Gasteiger partial charge in [0.05, 0.1) is 5.69 Å². The maximum absolute atomic E-state index is 13.1. The summed E-state index contributed by atoms with van der Waals surface area (Å²) in [6, 6.07) is 12.0. The van der Waals surface area contributed by atoms with Crippen LogP contribution >= 0.6 is 0 Å². The predicted octanol–water partition coefficient (Wildman–Crippen LogP) is 5.15. The molecule has 0 radical (unpaired) electrons. The smallest absolute Gasteiger partial charge is 0.251 e. The molecule has 0 bridgehead atoms. The highest BCUT2D eigenvalue weighted by atomic mass is 32.2. The lowest BCUT2D eigenvalue weighted by Crippen LogP contribution is -2.29. The average Bonchev–Trinajstić information content (AvgIpc) is 3.36. The molecule has 188 valence electrons. The molecular weight excluding hydrogens is 462 g/mol. The van der Waals surface area contributed by atoms with E-state index in [9.17, 15) is 13.2 Å². The minimum absolute atomic E-state index is 0.144. The highest BCUT2D eigenvalue weighted by molar-refractivity contribution is 7.89. The highest BCUT2D eigenvalue weighted by Crippen LogP contribution is 2.39. The number of amides is 1. The Labute approximate surface area is 208 Å². The molecule has 0 fully saturated rings. The molecule has 0 saturated carbocycles. The maximum Gasteiger partial charge on any atom is 0.251 e. The maximum atomic E-state index is 13.1. The third kappa shape index (κ3) is 7.44. The van der Waals surface area contributed by atoms with Gasteiger partial charge in [-0.25, -0.2) is 13.6 Å². The van der Waals surface area contributed by atoms with Gasteiger partial charge >= 0.3 is 0 Å². The van der Waals surface area contributed by atoms with Gasteiger partial charge in [-0.2, -0.15) is 0 Å². The van der Waals surface area contributed by atoms with Gasteiger partial charge in [0.1, 0.15) is 10.6 Å². The summed E-state index contributed by atoms with van der Waals surface area (Å²) in [4.78, 5) is 15.0. The lowest BCUT2D eigenvalue weighted by atomic mass is 10.1. The Morgan fingerprint density at radius 1 is 1.09 bits per heavy atom. The molecule has 2 aromatic rings. The van der Waals surface area contributed by atoms with Crippen molar-refractivity contribution >= 4 is 21.6 Å². The van der Waals surface area contributed by atoms with Crippen molar-refractivity contribution in [2.75, 3.05) is 24.5 Å². The molecule has 1 amide bonds. The third-order valence-electron chi connectivity index (χ3n) is 5.79. The van der Waals surface area contributed by atoms with Crippen molar-refractivity contribution in [3.05, 3.63) is 71.8 Å². The van der Waals surface area contributed by atoms with Crippen LogP contribution in [0.25, 0.3) is 0 Å². The summed E-state index contributed by atoms with van der Waals surface area (Å²) in [7, 11) is -4.19. The number of hydrogen-bond donors (Lipinski definition) is 2. The first-order valence-electron chi connectivity index (χ1n) is 12.1. The van der Waals surface area contributed by atoms with Gasteiger partial charge < -0.3 is 15.0 Å². The second kappa shape index (κ2) is 12.6. The molecule has 0 aromatic heterocycles. The monoisotopic (exact) mass is 497 g/mol. The number of para-hydroxylation sites is 1. The van der Waals surface area contributed by atoms with E-state index >= 15 is 0 Å². The Hall–Kier alpha value is -3.10. The Kier molecular flexibility index (Phi) is 9.51. The molecule has 7 nitrogen and oxygen atoms in total. The predicted molar refractivity (Wildman–Crippen MR) is 141 cm³/mol. The Morgan fingerprint density at radius 2 is 1.77 bits per heavy atom. The number of carbonyl (C=O) groups is 1. The molecule has 0 spiro atoms. The first-order chi connectivity index (χ1) is 16.8. The zero-order valence-corrected chi connectivity index (χ0v) is 21.3. The fourth-order valence-electron chi connectivity index (χ4n) is 3.84. The lowest BCUT2D eigenvalue weighted by molar-refractivity contribution is 0.0956. The number of sulfonamides is 1. The number of carbonyl (C=O) groups excluding carboxylic acids is 1. The number of anilines is 1. The van der Waals surface area contributed by atoms with Gasteiger partial charge in [0, 0.05) is 25.2 Å². The summed E-state index contributed by atoms with van der Waals surface area (Å²) in [6.07, 6.45) is 10.5. The largest absolute Gasteiger partial charge is 0.454 e. The number of ether oxygens (including phenoxy) is 1. The SMILES string of the molecule is CCCCN(CCCC)c1cc(C(=O)NCC2=CC=CC2)cc(S(N)(=O)=O)c1Oc1ccccc1. The number of nitrogens with zero attached hydrogens (tertiary/aromatic N) is 1. The summed E-state index contributed by atoms with van der Waals surface area (Å²) in [5, 5.41) is 8.55. The van der Waals surface area contributed by atoms with E-state index in [1.54, 1.807) is 18.2 Å². The Balaban J connectivity index is 2.09. The van der Waals surface area contributed by atoms with Crippen LogP contribution in [0, 0.1) is 0 Å². The van der Waals surface area contributed by atoms with Crippen molar-refractivity contribution in [2.45, 2.75) is 50.8 Å². The molecule has 35 heavy (non-hydrogen) atoms. The number of allylic oxidation sites excluding steroid dienone is 3. The van der Waals surface area contributed by atoms with Crippen molar-refractivity contribution in [1.82, 2.24) is 5.32 Å². The normalized spacial score (nSPS) is 12.9. The van der Waals surface area contributed by atoms with Crippen LogP contribution in [0.1, 0.15) is 56.3 Å². The molecule has 0 saturated heterocycles. The van der Waals surface area contributed by atoms with E-state index in [0.717, 1.165) is 37.7 Å². The van der Waals surface area contributed by atoms with E-state index in [-0.39, 0.29) is 22.1 Å². The second-order valence-corrected chi connectivity index (χ2v) is 10.1. The molecule has 1 aliphatic rings. The molecule has 3 rings (SSSR count). The van der Waals surface area contributed by atoms with Crippen LogP contribution in [0.15, 0.2) is 71.2 Å². The zero-order chi connectivity index (χ0) is 25.3. The van der Waals surface area contributed by atoms with Crippen LogP contribution in [0.2, 0.25) is 0 Å². The Bertz CT molecular complexity index is 1170. The van der Waals surface area contributed by atoms with E-state index in [0.29, 0.717) is 31.1 Å². The van der Waals surface area contributed by atoms with Gasteiger partial charge in [0.15, 0.2) is 5.75 Å². The van der Waals surface area contributed by atoms with Crippen molar-refractivity contribution < 1.29 is 17.9 Å². The van der Waals surface area contributed by atoms with E-state index in [4.69, 9.17) is 9.88 Å². The van der Waals surface area contributed by atoms with Crippen LogP contribution in [-0.4, -0.2) is 34.0 Å². The van der Waals surface area contributed by atoms with E-state index in [2.05, 4.69) is 24.1 Å². The highest BCUT2D eigenvalue weighted by Gasteiger charge is 2.26. The summed E-state index contributed by atoms with van der Waals surface area (Å²) < 4.78 is 31.6. The van der Waals surface area contributed by atoms with Gasteiger partial charge in [-0.3, -0.25) is 4.79 Å². The molecule has 0 aliphatic heterocycles. The van der Waals surface area contributed by atoms with E-state index < -0.39 is 10.0 Å². The topological polar surface area (TPSA) is 102 Å². The van der Waals surface area contributed by atoms with Gasteiger partial charge in [-0.1, -0.05) is 63.1 Å². The fourth-order valence-corrected chi connectivity index (χ4v) is 4.54. The molecule has 8 heteroatoms. The van der Waals surface area contributed by atoms with Crippen molar-refractivity contribution in [2.24, 2.45) is 5.14 Å². The number of rotatable bonds is 13. The molecular formula is C27H35N3O4S. The van der Waals surface area contributed by atoms with Gasteiger partial charge in [0.25, 0.3) is 5.91 Å². The first kappa shape index (κ1) is 26.5. The summed E-state index contributed by atoms with van der Waals surface area (Å²) in [6.45, 7) is 6.01. The van der Waals surface area contributed by atoms with Crippen LogP contribution in [-0.2, 0) is 10.0 Å². The first-order valence-corrected chi connectivity index (χ1v) is 13.7. The van der Waals surface area contributed by atoms with Crippen molar-refractivity contribution in [1.29, 1.82) is 0 Å². The third-order valence-corrected chi connectivity index (χ3v) is 6.71. The zero-order valence-electron chi connectivity index (χ0n) is 20.5. The standard InChI is InChI=1S/C27H35N3O4S/c1-3-5-16-30(17-6-4-2)24-18-22(27(31)29-20-21-12-10-11-13-21)19-25(35(28,32)33)26(24)34-23-14-8-7-9-15-23/h7-12,14-15,18-19H,3-6,13,16-17,20H2,1-2H3,(H,29,31)(H2,28,32,33). The summed E-state index contributed by atoms with van der Waals surface area (Å²) >= 11 is 0. The minimum Gasteiger partial charge on any atom is -0.454 e. The molecule has 2 aromatic carbocycles. The summed E-state index contributed by atoms with van der Waals surface area (Å²) in [5.74, 6) is 0.272. The fraction of sp³-hybridized carbons (Fsp3) is 0.370. The number of hydrogen-bond acceptors (Lipinski definition) is 5. The van der Waals surface area contributed by atoms with Crippen LogP contribution in [0.3, 0.4) is 0 Å². The van der Waals surface area contributed by atoms with Crippen molar-refractivity contribution in [3.63, 3.8) is 0 Å². The summed E-state index contributed by atoms with van der Waals surface area (Å²) in [5.41, 5.74) is 1.87. The average molecular weight is 498 g/mol. The number of primary sulfonamides is 1. The number of benzene rings is 2. The van der Waals surface area contributed by atoms with Gasteiger partial charge in [-0.05, 0) is 49.1 Å². The Morgan fingerprint density at radius 3 is 2.34 bits per heavy atom. The quantitative estimate of drug-likeness (QED) is 0.399. The van der Waals surface area contributed by atoms with E-state index in [1.807, 2.05) is 36.4 Å². The van der Waals surface area contributed by atoms with Gasteiger partial charge in [-0.15, -0.1) is 0 Å². The second-order valence-electron chi connectivity index (χ2n) is 8.62. The lowest BCUT2D eigenvalue weighted by Gasteiger charge is -2.28. The number of nitrogens with two attached hydrogens (primary N) is 1. The van der Waals surface area contributed by atoms with Crippen molar-refractivity contribution in [3.8, 4) is 11.5 Å². The molecule has 3 N–H and O–H groups in total. The van der Waals surface area contributed by atoms with Crippen LogP contribution in [0.5, 0.6) is 11.5 Å². The number of unbranched alkanes of at least 4 members (excludes halogenated alkanes) is 2. The van der Waals surface area contributed by atoms with E-state index in [1.165, 1.54) is 6.07 Å². The molecule has 0 heterocycles. The molecule has 0 unspecified atom stereocenters. The minimum atomic E-state index is -4.19.